The van der Waals surface area contributed by atoms with E-state index in [0.717, 1.165) is 0 Å². The highest BCUT2D eigenvalue weighted by molar-refractivity contribution is 7.89. The summed E-state index contributed by atoms with van der Waals surface area (Å²) in [6, 6.07) is 4.40. The Bertz CT molecular complexity index is 659. The Morgan fingerprint density at radius 1 is 1.55 bits per heavy atom. The smallest absolute Gasteiger partial charge is 0.244 e. The average Bonchev–Trinajstić information content (AvgIpc) is 2.70. The molecule has 1 heterocycles. The summed E-state index contributed by atoms with van der Waals surface area (Å²) in [4.78, 5) is 0.0636. The summed E-state index contributed by atoms with van der Waals surface area (Å²) < 4.78 is 26.3. The Balaban J connectivity index is 2.45. The number of thiocarbonyl (C=S) groups is 1. The van der Waals surface area contributed by atoms with Crippen molar-refractivity contribution in [3.63, 3.8) is 0 Å². The van der Waals surface area contributed by atoms with Crippen molar-refractivity contribution in [2.75, 3.05) is 13.1 Å². The fraction of sp³-hybridized carbons (Fsp3) is 0.417. The van der Waals surface area contributed by atoms with Gasteiger partial charge in [0.2, 0.25) is 10.0 Å². The Morgan fingerprint density at radius 2 is 2.20 bits per heavy atom. The van der Waals surface area contributed by atoms with Crippen LogP contribution in [0.2, 0.25) is 5.02 Å². The van der Waals surface area contributed by atoms with Gasteiger partial charge in [-0.05, 0) is 25.5 Å². The molecule has 2 rings (SSSR count). The zero-order chi connectivity index (χ0) is 15.1. The molecule has 0 bridgehead atoms. The molecule has 0 amide bonds. The number of benzene rings is 1. The molecular formula is C12H15ClN2O3S2. The summed E-state index contributed by atoms with van der Waals surface area (Å²) in [6.07, 6.45) is 0.388. The Kier molecular flexibility index (Phi) is 4.10. The van der Waals surface area contributed by atoms with Gasteiger partial charge in [0.1, 0.15) is 9.88 Å². The maximum Gasteiger partial charge on any atom is 0.244 e. The predicted octanol–water partition coefficient (Wildman–Crippen LogP) is 1.12. The lowest BCUT2D eigenvalue weighted by atomic mass is 10.1. The topological polar surface area (TPSA) is 83.6 Å². The molecule has 1 aliphatic heterocycles. The molecule has 5 nitrogen and oxygen atoms in total. The van der Waals surface area contributed by atoms with Crippen LogP contribution >= 0.6 is 23.8 Å². The largest absolute Gasteiger partial charge is 0.389 e. The van der Waals surface area contributed by atoms with Crippen molar-refractivity contribution in [3.8, 4) is 0 Å². The van der Waals surface area contributed by atoms with Crippen molar-refractivity contribution >= 4 is 38.8 Å². The maximum absolute atomic E-state index is 12.6. The van der Waals surface area contributed by atoms with E-state index in [0.29, 0.717) is 12.0 Å². The average molecular weight is 335 g/mol. The molecule has 110 valence electrons. The third-order valence-electron chi connectivity index (χ3n) is 3.25. The van der Waals surface area contributed by atoms with E-state index in [1.807, 2.05) is 0 Å². The molecule has 3 N–H and O–H groups in total. The van der Waals surface area contributed by atoms with Crippen LogP contribution in [0, 0.1) is 0 Å². The Morgan fingerprint density at radius 3 is 2.70 bits per heavy atom. The third kappa shape index (κ3) is 2.96. The lowest BCUT2D eigenvalue weighted by Gasteiger charge is -2.19. The number of β-amino-alcohol motifs (C(OH)–C–C–N with tert-alkyl or cyclic N) is 1. The van der Waals surface area contributed by atoms with Gasteiger partial charge in [-0.2, -0.15) is 4.31 Å². The van der Waals surface area contributed by atoms with E-state index in [9.17, 15) is 13.5 Å². The van der Waals surface area contributed by atoms with Gasteiger partial charge in [0.25, 0.3) is 0 Å². The lowest BCUT2D eigenvalue weighted by molar-refractivity contribution is 0.0762. The van der Waals surface area contributed by atoms with E-state index < -0.39 is 15.6 Å². The zero-order valence-electron chi connectivity index (χ0n) is 10.8. The maximum atomic E-state index is 12.6. The van der Waals surface area contributed by atoms with E-state index in [1.165, 1.54) is 16.4 Å². The van der Waals surface area contributed by atoms with E-state index in [-0.39, 0.29) is 28.0 Å². The van der Waals surface area contributed by atoms with Crippen molar-refractivity contribution < 1.29 is 13.5 Å². The van der Waals surface area contributed by atoms with E-state index in [2.05, 4.69) is 0 Å². The van der Waals surface area contributed by atoms with Gasteiger partial charge in [-0.3, -0.25) is 0 Å². The fourth-order valence-electron chi connectivity index (χ4n) is 2.10. The number of aliphatic hydroxyl groups is 1. The molecule has 1 aliphatic rings. The number of nitrogens with two attached hydrogens (primary N) is 1. The van der Waals surface area contributed by atoms with Crippen molar-refractivity contribution in [3.05, 3.63) is 28.8 Å². The molecule has 1 aromatic rings. The summed E-state index contributed by atoms with van der Waals surface area (Å²) >= 11 is 10.8. The number of halogens is 1. The second-order valence-corrected chi connectivity index (χ2v) is 7.85. The van der Waals surface area contributed by atoms with Crippen molar-refractivity contribution in [1.29, 1.82) is 0 Å². The molecule has 0 aliphatic carbocycles. The lowest BCUT2D eigenvalue weighted by Crippen LogP contribution is -2.34. The summed E-state index contributed by atoms with van der Waals surface area (Å²) in [5.41, 5.74) is 4.94. The molecule has 0 radical (unpaired) electrons. The SMILES string of the molecule is CC1(O)CCN(S(=O)(=O)c2cc(C(N)=S)ccc2Cl)C1. The van der Waals surface area contributed by atoms with Crippen LogP contribution in [0.1, 0.15) is 18.9 Å². The molecule has 1 fully saturated rings. The zero-order valence-corrected chi connectivity index (χ0v) is 13.2. The van der Waals surface area contributed by atoms with Crippen LogP contribution in [0.5, 0.6) is 0 Å². The van der Waals surface area contributed by atoms with Crippen LogP contribution < -0.4 is 5.73 Å². The minimum atomic E-state index is -3.77. The van der Waals surface area contributed by atoms with E-state index >= 15 is 0 Å². The van der Waals surface area contributed by atoms with Crippen LogP contribution in [0.25, 0.3) is 0 Å². The molecule has 1 saturated heterocycles. The second-order valence-electron chi connectivity index (χ2n) is 5.09. The number of rotatable bonds is 3. The molecule has 20 heavy (non-hydrogen) atoms. The van der Waals surface area contributed by atoms with Crippen LogP contribution in [-0.2, 0) is 10.0 Å². The van der Waals surface area contributed by atoms with Crippen LogP contribution in [0.15, 0.2) is 23.1 Å². The van der Waals surface area contributed by atoms with Gasteiger partial charge >= 0.3 is 0 Å². The van der Waals surface area contributed by atoms with Gasteiger partial charge in [0.15, 0.2) is 0 Å². The minimum Gasteiger partial charge on any atom is -0.389 e. The Labute approximate surface area is 128 Å². The molecule has 0 aromatic heterocycles. The third-order valence-corrected chi connectivity index (χ3v) is 5.81. The Hall–Kier alpha value is -0.730. The number of hydrogen-bond acceptors (Lipinski definition) is 4. The summed E-state index contributed by atoms with van der Waals surface area (Å²) in [5.74, 6) is 0. The van der Waals surface area contributed by atoms with Gasteiger partial charge in [-0.15, -0.1) is 0 Å². The van der Waals surface area contributed by atoms with Crippen molar-refractivity contribution in [2.45, 2.75) is 23.8 Å². The van der Waals surface area contributed by atoms with Crippen molar-refractivity contribution in [2.24, 2.45) is 5.73 Å². The number of hydrogen-bond donors (Lipinski definition) is 2. The first-order valence-corrected chi connectivity index (χ1v) is 8.18. The fourth-order valence-corrected chi connectivity index (χ4v) is 4.29. The number of sulfonamides is 1. The quantitative estimate of drug-likeness (QED) is 0.809. The van der Waals surface area contributed by atoms with E-state index in [4.69, 9.17) is 29.6 Å². The van der Waals surface area contributed by atoms with Crippen molar-refractivity contribution in [1.82, 2.24) is 4.31 Å². The normalized spacial score (nSPS) is 23.9. The molecule has 1 aromatic carbocycles. The predicted molar refractivity (Wildman–Crippen MR) is 81.3 cm³/mol. The molecule has 0 saturated carbocycles. The molecular weight excluding hydrogens is 320 g/mol. The van der Waals surface area contributed by atoms with Crippen LogP contribution in [0.3, 0.4) is 0 Å². The first-order valence-electron chi connectivity index (χ1n) is 5.95. The minimum absolute atomic E-state index is 0.0397. The van der Waals surface area contributed by atoms with Crippen LogP contribution in [0.4, 0.5) is 0 Å². The summed E-state index contributed by atoms with van der Waals surface area (Å²) in [6.45, 7) is 1.90. The standard InChI is InChI=1S/C12H15ClN2O3S2/c1-12(16)4-5-15(7-12)20(17,18)10-6-8(11(14)19)2-3-9(10)13/h2-3,6,16H,4-5,7H2,1H3,(H2,14,19). The molecule has 8 heteroatoms. The van der Waals surface area contributed by atoms with Gasteiger partial charge in [-0.1, -0.05) is 29.9 Å². The molecule has 1 unspecified atom stereocenters. The first-order chi connectivity index (χ1) is 9.13. The number of nitrogens with zero attached hydrogens (tertiary/aromatic N) is 1. The molecule has 1 atom stereocenters. The first kappa shape index (κ1) is 15.7. The highest BCUT2D eigenvalue weighted by Gasteiger charge is 2.39. The molecule has 0 spiro atoms. The summed E-state index contributed by atoms with van der Waals surface area (Å²) in [7, 11) is -3.77. The van der Waals surface area contributed by atoms with Gasteiger partial charge in [0.05, 0.1) is 10.6 Å². The van der Waals surface area contributed by atoms with Gasteiger partial charge < -0.3 is 10.8 Å². The monoisotopic (exact) mass is 334 g/mol. The van der Waals surface area contributed by atoms with E-state index in [1.54, 1.807) is 13.0 Å². The highest BCUT2D eigenvalue weighted by atomic mass is 35.5. The van der Waals surface area contributed by atoms with Gasteiger partial charge in [-0.25, -0.2) is 8.42 Å². The van der Waals surface area contributed by atoms with Gasteiger partial charge in [0, 0.05) is 18.7 Å². The summed E-state index contributed by atoms with van der Waals surface area (Å²) in [5, 5.41) is 10.0. The van der Waals surface area contributed by atoms with Crippen LogP contribution in [-0.4, -0.2) is 41.5 Å². The second kappa shape index (κ2) is 5.23. The highest BCUT2D eigenvalue weighted by Crippen LogP contribution is 2.30.